The number of rotatable bonds is 9. The zero-order chi connectivity index (χ0) is 30.1. The first kappa shape index (κ1) is 28.9. The predicted octanol–water partition coefficient (Wildman–Crippen LogP) is 4.27. The fraction of sp³-hybridized carbons (Fsp3) is 0.281. The Morgan fingerprint density at radius 1 is 1.10 bits per heavy atom. The van der Waals surface area contributed by atoms with Gasteiger partial charge in [-0.15, -0.1) is 6.58 Å². The molecule has 0 bridgehead atoms. The molecule has 0 spiro atoms. The lowest BCUT2D eigenvalue weighted by Crippen LogP contribution is -2.40. The van der Waals surface area contributed by atoms with Gasteiger partial charge in [0.25, 0.3) is 5.56 Å². The molecular formula is C32H33N3O6S. The highest BCUT2D eigenvalue weighted by molar-refractivity contribution is 7.07. The SMILES string of the molecule is C=CCn1c(C)c(/C=c2\sc3n(c2=O)[C@H](c2cc(OC)c(OC)c(OC)c2)C(C(=O)OCC)=C(C)N=3)c2ccccc21. The number of benzene rings is 2. The minimum atomic E-state index is -0.834. The van der Waals surface area contributed by atoms with Crippen LogP contribution >= 0.6 is 11.3 Å². The molecule has 0 saturated heterocycles. The summed E-state index contributed by atoms with van der Waals surface area (Å²) < 4.78 is 26.4. The maximum Gasteiger partial charge on any atom is 0.338 e. The number of carbonyl (C=O) groups excluding carboxylic acids is 1. The smallest absolute Gasteiger partial charge is 0.338 e. The van der Waals surface area contributed by atoms with Crippen LogP contribution in [0.2, 0.25) is 0 Å². The van der Waals surface area contributed by atoms with Crippen molar-refractivity contribution < 1.29 is 23.7 Å². The second kappa shape index (κ2) is 11.7. The Morgan fingerprint density at radius 3 is 2.40 bits per heavy atom. The zero-order valence-corrected chi connectivity index (χ0v) is 25.3. The van der Waals surface area contributed by atoms with Crippen molar-refractivity contribution in [1.82, 2.24) is 9.13 Å². The van der Waals surface area contributed by atoms with Gasteiger partial charge < -0.3 is 23.5 Å². The Kier molecular flexibility index (Phi) is 8.08. The molecule has 0 radical (unpaired) electrons. The van der Waals surface area contributed by atoms with Gasteiger partial charge in [-0.1, -0.05) is 35.6 Å². The first-order chi connectivity index (χ1) is 20.3. The maximum absolute atomic E-state index is 14.2. The Hall–Kier alpha value is -4.57. The normalized spacial score (nSPS) is 14.9. The van der Waals surface area contributed by atoms with Crippen molar-refractivity contribution in [2.75, 3.05) is 27.9 Å². The third-order valence-electron chi connectivity index (χ3n) is 7.39. The van der Waals surface area contributed by atoms with Crippen LogP contribution in [0, 0.1) is 6.92 Å². The number of ether oxygens (including phenoxy) is 4. The summed E-state index contributed by atoms with van der Waals surface area (Å²) >= 11 is 1.28. The molecule has 1 atom stereocenters. The van der Waals surface area contributed by atoms with Crippen LogP contribution in [0.4, 0.5) is 0 Å². The molecule has 9 nitrogen and oxygen atoms in total. The molecule has 0 aliphatic carbocycles. The fourth-order valence-corrected chi connectivity index (χ4v) is 6.53. The van der Waals surface area contributed by atoms with Crippen LogP contribution in [0.15, 0.2) is 70.1 Å². The van der Waals surface area contributed by atoms with Crippen LogP contribution in [-0.4, -0.2) is 43.0 Å². The number of aromatic nitrogens is 2. The summed E-state index contributed by atoms with van der Waals surface area (Å²) in [6, 6.07) is 10.7. The van der Waals surface area contributed by atoms with Gasteiger partial charge in [-0.05, 0) is 50.6 Å². The van der Waals surface area contributed by atoms with Crippen LogP contribution in [0.3, 0.4) is 0 Å². The van der Waals surface area contributed by atoms with Gasteiger partial charge in [-0.2, -0.15) is 0 Å². The van der Waals surface area contributed by atoms with E-state index in [4.69, 9.17) is 23.9 Å². The van der Waals surface area contributed by atoms with E-state index in [0.29, 0.717) is 44.4 Å². The summed E-state index contributed by atoms with van der Waals surface area (Å²) in [5.74, 6) is 0.658. The van der Waals surface area contributed by atoms with Crippen LogP contribution in [0.1, 0.15) is 36.7 Å². The second-order valence-electron chi connectivity index (χ2n) is 9.68. The molecule has 4 aromatic rings. The quantitative estimate of drug-likeness (QED) is 0.215. The number of methoxy groups -OCH3 is 3. The molecule has 1 aliphatic heterocycles. The molecule has 5 rings (SSSR count). The van der Waals surface area contributed by atoms with Crippen LogP contribution in [0.25, 0.3) is 17.0 Å². The number of carbonyl (C=O) groups is 1. The molecule has 0 fully saturated rings. The highest BCUT2D eigenvalue weighted by Crippen LogP contribution is 2.42. The number of fused-ring (bicyclic) bond motifs is 2. The van der Waals surface area contributed by atoms with Gasteiger partial charge in [0.2, 0.25) is 5.75 Å². The van der Waals surface area contributed by atoms with Crippen molar-refractivity contribution in [2.45, 2.75) is 33.4 Å². The number of esters is 1. The summed E-state index contributed by atoms with van der Waals surface area (Å²) in [6.07, 6.45) is 3.77. The minimum Gasteiger partial charge on any atom is -0.493 e. The molecule has 3 heterocycles. The lowest BCUT2D eigenvalue weighted by Gasteiger charge is -2.26. The molecule has 0 unspecified atom stereocenters. The van der Waals surface area contributed by atoms with Gasteiger partial charge in [-0.25, -0.2) is 9.79 Å². The maximum atomic E-state index is 14.2. The number of nitrogens with zero attached hydrogens (tertiary/aromatic N) is 3. The topological polar surface area (TPSA) is 93.3 Å². The van der Waals surface area contributed by atoms with E-state index in [1.807, 2.05) is 37.3 Å². The van der Waals surface area contributed by atoms with Crippen molar-refractivity contribution in [1.29, 1.82) is 0 Å². The summed E-state index contributed by atoms with van der Waals surface area (Å²) in [4.78, 5) is 32.8. The Labute approximate surface area is 247 Å². The number of para-hydroxylation sites is 1. The van der Waals surface area contributed by atoms with Gasteiger partial charge in [0.15, 0.2) is 16.3 Å². The summed E-state index contributed by atoms with van der Waals surface area (Å²) in [7, 11) is 4.56. The largest absolute Gasteiger partial charge is 0.493 e. The minimum absolute atomic E-state index is 0.177. The lowest BCUT2D eigenvalue weighted by atomic mass is 9.95. The number of allylic oxidation sites excluding steroid dienone is 2. The molecular weight excluding hydrogens is 554 g/mol. The molecule has 42 heavy (non-hydrogen) atoms. The average molecular weight is 588 g/mol. The first-order valence-corrected chi connectivity index (χ1v) is 14.3. The van der Waals surface area contributed by atoms with E-state index < -0.39 is 12.0 Å². The number of thiazole rings is 1. The van der Waals surface area contributed by atoms with Crippen molar-refractivity contribution in [3.8, 4) is 17.2 Å². The molecule has 218 valence electrons. The highest BCUT2D eigenvalue weighted by Gasteiger charge is 2.34. The standard InChI is InChI=1S/C32H33N3O6S/c1-8-14-34-19(4)22(21-12-10-11-13-23(21)34)17-26-30(36)35-28(20-15-24(38-5)29(40-7)25(16-20)39-6)27(31(37)41-9-2)18(3)33-32(35)42-26/h8,10-13,15-17,28H,1,9,14H2,2-7H3/b26-17-/t28-/m1/s1. The van der Waals surface area contributed by atoms with Gasteiger partial charge in [-0.3, -0.25) is 9.36 Å². The summed E-state index contributed by atoms with van der Waals surface area (Å²) in [6.45, 7) is 10.3. The Bertz CT molecular complexity index is 1900. The van der Waals surface area contributed by atoms with E-state index in [0.717, 1.165) is 22.2 Å². The second-order valence-corrected chi connectivity index (χ2v) is 10.7. The molecule has 2 aromatic heterocycles. The highest BCUT2D eigenvalue weighted by atomic mass is 32.1. The summed E-state index contributed by atoms with van der Waals surface area (Å²) in [5, 5.41) is 1.03. The third kappa shape index (κ3) is 4.71. The molecule has 0 N–H and O–H groups in total. The van der Waals surface area contributed by atoms with Gasteiger partial charge in [0.1, 0.15) is 0 Å². The van der Waals surface area contributed by atoms with Gasteiger partial charge in [0, 0.05) is 28.7 Å². The van der Waals surface area contributed by atoms with E-state index in [-0.39, 0.29) is 17.7 Å². The number of hydrogen-bond donors (Lipinski definition) is 0. The predicted molar refractivity (Wildman–Crippen MR) is 163 cm³/mol. The fourth-order valence-electron chi connectivity index (χ4n) is 5.50. The van der Waals surface area contributed by atoms with E-state index in [2.05, 4.69) is 17.2 Å². The van der Waals surface area contributed by atoms with Crippen molar-refractivity contribution in [3.63, 3.8) is 0 Å². The van der Waals surface area contributed by atoms with Crippen LogP contribution in [0.5, 0.6) is 17.2 Å². The Morgan fingerprint density at radius 2 is 1.79 bits per heavy atom. The molecule has 0 saturated carbocycles. The van der Waals surface area contributed by atoms with E-state index in [1.165, 1.54) is 32.7 Å². The van der Waals surface area contributed by atoms with Crippen molar-refractivity contribution in [2.24, 2.45) is 4.99 Å². The van der Waals surface area contributed by atoms with Gasteiger partial charge >= 0.3 is 5.97 Å². The van der Waals surface area contributed by atoms with E-state index in [9.17, 15) is 9.59 Å². The third-order valence-corrected chi connectivity index (χ3v) is 8.37. The van der Waals surface area contributed by atoms with E-state index >= 15 is 0 Å². The van der Waals surface area contributed by atoms with Crippen molar-refractivity contribution >= 4 is 34.3 Å². The molecule has 1 aliphatic rings. The van der Waals surface area contributed by atoms with Gasteiger partial charge in [0.05, 0.1) is 49.8 Å². The lowest BCUT2D eigenvalue weighted by molar-refractivity contribution is -0.139. The molecule has 10 heteroatoms. The molecule has 0 amide bonds. The average Bonchev–Trinajstić information content (AvgIpc) is 3.44. The Balaban J connectivity index is 1.80. The van der Waals surface area contributed by atoms with Crippen LogP contribution < -0.4 is 29.1 Å². The molecule has 2 aromatic carbocycles. The van der Waals surface area contributed by atoms with Crippen LogP contribution in [-0.2, 0) is 16.1 Å². The first-order valence-electron chi connectivity index (χ1n) is 13.5. The number of hydrogen-bond acceptors (Lipinski definition) is 8. The summed E-state index contributed by atoms with van der Waals surface area (Å²) in [5.41, 5.74) is 4.09. The zero-order valence-electron chi connectivity index (χ0n) is 24.5. The van der Waals surface area contributed by atoms with E-state index in [1.54, 1.807) is 30.5 Å². The monoisotopic (exact) mass is 587 g/mol. The van der Waals surface area contributed by atoms with Crippen molar-refractivity contribution in [3.05, 3.63) is 96.8 Å².